The first-order valence-corrected chi connectivity index (χ1v) is 11.1. The summed E-state index contributed by atoms with van der Waals surface area (Å²) in [6, 6.07) is 20.3. The fraction of sp³-hybridized carbons (Fsp3) is 0.208. The lowest BCUT2D eigenvalue weighted by molar-refractivity contribution is -0.385. The highest BCUT2D eigenvalue weighted by atomic mass is 79.9. The first-order valence-electron chi connectivity index (χ1n) is 10.3. The number of hydrogen-bond acceptors (Lipinski definition) is 6. The summed E-state index contributed by atoms with van der Waals surface area (Å²) in [5, 5.41) is 18.2. The number of rotatable bonds is 5. The molecule has 2 aliphatic heterocycles. The molecule has 0 N–H and O–H groups in total. The van der Waals surface area contributed by atoms with Crippen molar-refractivity contribution in [2.45, 2.75) is 25.6 Å². The summed E-state index contributed by atoms with van der Waals surface area (Å²) >= 11 is 3.56. The lowest BCUT2D eigenvalue weighted by Gasteiger charge is -2.38. The van der Waals surface area contributed by atoms with Crippen molar-refractivity contribution in [1.82, 2.24) is 5.01 Å². The van der Waals surface area contributed by atoms with Crippen molar-refractivity contribution in [2.24, 2.45) is 5.10 Å². The lowest BCUT2D eigenvalue weighted by Crippen LogP contribution is -2.33. The third kappa shape index (κ3) is 3.71. The van der Waals surface area contributed by atoms with Crippen LogP contribution < -0.4 is 9.47 Å². The predicted molar refractivity (Wildman–Crippen MR) is 124 cm³/mol. The van der Waals surface area contributed by atoms with E-state index in [1.807, 2.05) is 60.5 Å². The first-order chi connectivity index (χ1) is 15.5. The molecule has 0 saturated heterocycles. The van der Waals surface area contributed by atoms with Gasteiger partial charge in [0, 0.05) is 34.2 Å². The van der Waals surface area contributed by atoms with E-state index in [-0.39, 0.29) is 11.7 Å². The summed E-state index contributed by atoms with van der Waals surface area (Å²) in [4.78, 5) is 10.9. The van der Waals surface area contributed by atoms with Crippen LogP contribution in [0.2, 0.25) is 0 Å². The van der Waals surface area contributed by atoms with E-state index in [9.17, 15) is 10.1 Å². The van der Waals surface area contributed by atoms with E-state index < -0.39 is 11.2 Å². The van der Waals surface area contributed by atoms with Crippen molar-refractivity contribution in [2.75, 3.05) is 6.61 Å². The van der Waals surface area contributed by atoms with Gasteiger partial charge in [0.1, 0.15) is 11.5 Å². The Morgan fingerprint density at radius 2 is 2.00 bits per heavy atom. The van der Waals surface area contributed by atoms with E-state index in [0.717, 1.165) is 32.8 Å². The third-order valence-corrected chi connectivity index (χ3v) is 6.11. The Hall–Kier alpha value is -3.39. The van der Waals surface area contributed by atoms with Gasteiger partial charge in [-0.15, -0.1) is 0 Å². The molecule has 0 unspecified atom stereocenters. The van der Waals surface area contributed by atoms with Gasteiger partial charge in [0.2, 0.25) is 6.23 Å². The summed E-state index contributed by atoms with van der Waals surface area (Å²) in [5.41, 5.74) is 3.70. The zero-order valence-corrected chi connectivity index (χ0v) is 18.9. The second-order valence-corrected chi connectivity index (χ2v) is 8.52. The van der Waals surface area contributed by atoms with Crippen LogP contribution in [0.5, 0.6) is 11.5 Å². The molecule has 0 spiro atoms. The lowest BCUT2D eigenvalue weighted by atomic mass is 9.96. The van der Waals surface area contributed by atoms with Gasteiger partial charge in [0.15, 0.2) is 0 Å². The molecule has 0 aliphatic carbocycles. The van der Waals surface area contributed by atoms with Crippen LogP contribution in [0.4, 0.5) is 5.69 Å². The van der Waals surface area contributed by atoms with Crippen LogP contribution in [-0.4, -0.2) is 22.3 Å². The molecule has 5 rings (SSSR count). The summed E-state index contributed by atoms with van der Waals surface area (Å²) in [6.45, 7) is 2.57. The maximum absolute atomic E-state index is 11.3. The minimum Gasteiger partial charge on any atom is -0.494 e. The van der Waals surface area contributed by atoms with Gasteiger partial charge in [0.25, 0.3) is 5.69 Å². The Bertz CT molecular complexity index is 1210. The molecule has 0 amide bonds. The number of nitro groups is 1. The number of non-ortho nitro benzene ring substituents is 1. The van der Waals surface area contributed by atoms with E-state index in [4.69, 9.17) is 14.6 Å². The Kier molecular flexibility index (Phi) is 5.30. The molecule has 2 atom stereocenters. The molecule has 0 radical (unpaired) electrons. The average molecular weight is 494 g/mol. The van der Waals surface area contributed by atoms with Gasteiger partial charge in [0.05, 0.1) is 23.3 Å². The SMILES string of the molecule is CCOc1ccc(C2=NN3[C@H](C2)c2cc(Br)ccc2O[C@@H]3c2cccc([N+](=O)[O-])c2)cc1. The summed E-state index contributed by atoms with van der Waals surface area (Å²) in [7, 11) is 0. The van der Waals surface area contributed by atoms with Gasteiger partial charge < -0.3 is 9.47 Å². The highest BCUT2D eigenvalue weighted by Crippen LogP contribution is 2.48. The fourth-order valence-electron chi connectivity index (χ4n) is 4.15. The quantitative estimate of drug-likeness (QED) is 0.321. The highest BCUT2D eigenvalue weighted by molar-refractivity contribution is 9.10. The molecular weight excluding hydrogens is 474 g/mol. The number of hydrogen-bond donors (Lipinski definition) is 0. The summed E-state index contributed by atoms with van der Waals surface area (Å²) < 4.78 is 12.8. The molecule has 162 valence electrons. The molecule has 0 saturated carbocycles. The Morgan fingerprint density at radius 1 is 1.19 bits per heavy atom. The topological polar surface area (TPSA) is 77.2 Å². The normalized spacial score (nSPS) is 18.9. The number of benzene rings is 3. The molecule has 0 fully saturated rings. The number of halogens is 1. The molecule has 3 aromatic carbocycles. The van der Waals surface area contributed by atoms with Crippen LogP contribution in [0, 0.1) is 10.1 Å². The molecular formula is C24H20BrN3O4. The molecule has 32 heavy (non-hydrogen) atoms. The van der Waals surface area contributed by atoms with Crippen LogP contribution in [0.3, 0.4) is 0 Å². The largest absolute Gasteiger partial charge is 0.494 e. The van der Waals surface area contributed by atoms with Gasteiger partial charge in [-0.1, -0.05) is 28.1 Å². The zero-order valence-electron chi connectivity index (χ0n) is 17.3. The smallest absolute Gasteiger partial charge is 0.269 e. The minimum absolute atomic E-state index is 0.0270. The van der Waals surface area contributed by atoms with Crippen LogP contribution in [0.1, 0.15) is 42.3 Å². The molecule has 2 heterocycles. The second-order valence-electron chi connectivity index (χ2n) is 7.61. The van der Waals surface area contributed by atoms with Crippen LogP contribution in [-0.2, 0) is 0 Å². The number of ether oxygens (including phenoxy) is 2. The van der Waals surface area contributed by atoms with Gasteiger partial charge in [-0.2, -0.15) is 5.10 Å². The maximum Gasteiger partial charge on any atom is 0.269 e. The third-order valence-electron chi connectivity index (χ3n) is 5.62. The summed E-state index contributed by atoms with van der Waals surface area (Å²) in [6.07, 6.45) is 0.139. The number of nitro benzene ring substituents is 1. The van der Waals surface area contributed by atoms with Crippen LogP contribution in [0.15, 0.2) is 76.3 Å². The van der Waals surface area contributed by atoms with Gasteiger partial charge in [-0.05, 0) is 55.0 Å². The fourth-order valence-corrected chi connectivity index (χ4v) is 4.53. The van der Waals surface area contributed by atoms with Crippen molar-refractivity contribution in [3.8, 4) is 11.5 Å². The van der Waals surface area contributed by atoms with E-state index >= 15 is 0 Å². The number of hydrazone groups is 1. The summed E-state index contributed by atoms with van der Waals surface area (Å²) in [5.74, 6) is 1.58. The van der Waals surface area contributed by atoms with Crippen LogP contribution in [0.25, 0.3) is 0 Å². The number of nitrogens with zero attached hydrogens (tertiary/aromatic N) is 3. The van der Waals surface area contributed by atoms with E-state index in [1.165, 1.54) is 6.07 Å². The standard InChI is InChI=1S/C24H20BrN3O4/c1-2-31-19-9-6-15(7-10-19)21-14-22-20-13-17(25)8-11-23(20)32-24(27(22)26-21)16-4-3-5-18(12-16)28(29)30/h3-13,22,24H,2,14H2,1H3/t22-,24-/m1/s1. The molecule has 7 nitrogen and oxygen atoms in total. The van der Waals surface area contributed by atoms with Gasteiger partial charge >= 0.3 is 0 Å². The maximum atomic E-state index is 11.3. The minimum atomic E-state index is -0.561. The van der Waals surface area contributed by atoms with Gasteiger partial charge in [-0.3, -0.25) is 10.1 Å². The van der Waals surface area contributed by atoms with Crippen molar-refractivity contribution >= 4 is 27.3 Å². The Morgan fingerprint density at radius 3 is 2.75 bits per heavy atom. The highest BCUT2D eigenvalue weighted by Gasteiger charge is 2.41. The predicted octanol–water partition coefficient (Wildman–Crippen LogP) is 6.00. The Balaban J connectivity index is 1.56. The molecule has 0 bridgehead atoms. The molecule has 0 aromatic heterocycles. The van der Waals surface area contributed by atoms with Crippen molar-refractivity contribution in [3.63, 3.8) is 0 Å². The monoisotopic (exact) mass is 493 g/mol. The molecule has 3 aromatic rings. The van der Waals surface area contributed by atoms with Crippen molar-refractivity contribution in [3.05, 3.63) is 98.0 Å². The molecule has 8 heteroatoms. The molecule has 2 aliphatic rings. The van der Waals surface area contributed by atoms with E-state index in [2.05, 4.69) is 15.9 Å². The van der Waals surface area contributed by atoms with E-state index in [1.54, 1.807) is 12.1 Å². The second kappa shape index (κ2) is 8.27. The Labute approximate surface area is 193 Å². The van der Waals surface area contributed by atoms with Crippen molar-refractivity contribution < 1.29 is 14.4 Å². The van der Waals surface area contributed by atoms with Gasteiger partial charge in [-0.25, -0.2) is 5.01 Å². The number of fused-ring (bicyclic) bond motifs is 3. The average Bonchev–Trinajstić information content (AvgIpc) is 3.25. The zero-order chi connectivity index (χ0) is 22.2. The first kappa shape index (κ1) is 20.5. The van der Waals surface area contributed by atoms with E-state index in [0.29, 0.717) is 18.6 Å². The van der Waals surface area contributed by atoms with Crippen molar-refractivity contribution in [1.29, 1.82) is 0 Å². The van der Waals surface area contributed by atoms with Crippen LogP contribution >= 0.6 is 15.9 Å².